The first kappa shape index (κ1) is 23.4. The van der Waals surface area contributed by atoms with Gasteiger partial charge in [-0.3, -0.25) is 4.68 Å². The van der Waals surface area contributed by atoms with Gasteiger partial charge in [0.05, 0.1) is 30.1 Å². The smallest absolute Gasteiger partial charge is 0.338 e. The Kier molecular flexibility index (Phi) is 6.02. The van der Waals surface area contributed by atoms with Crippen molar-refractivity contribution >= 4 is 16.9 Å². The average Bonchev–Trinajstić information content (AvgIpc) is 3.49. The number of methoxy groups -OCH3 is 1. The van der Waals surface area contributed by atoms with Crippen LogP contribution in [0, 0.1) is 0 Å². The summed E-state index contributed by atoms with van der Waals surface area (Å²) < 4.78 is 7.08. The summed E-state index contributed by atoms with van der Waals surface area (Å²) in [5.74, 6) is -0.399. The van der Waals surface area contributed by atoms with Crippen molar-refractivity contribution in [2.75, 3.05) is 7.11 Å². The van der Waals surface area contributed by atoms with Crippen molar-refractivity contribution in [1.29, 1.82) is 0 Å². The summed E-state index contributed by atoms with van der Waals surface area (Å²) in [6.45, 7) is 0. The minimum Gasteiger partial charge on any atom is -0.465 e. The number of carbonyl (C=O) groups is 1. The molecule has 6 rings (SSSR count). The van der Waals surface area contributed by atoms with E-state index in [9.17, 15) is 4.79 Å². The quantitative estimate of drug-likeness (QED) is 0.190. The third-order valence-corrected chi connectivity index (χ3v) is 6.92. The molecule has 5 heteroatoms. The lowest BCUT2D eigenvalue weighted by Gasteiger charge is -2.36. The highest BCUT2D eigenvalue weighted by Gasteiger charge is 2.39. The van der Waals surface area contributed by atoms with Gasteiger partial charge < -0.3 is 4.74 Å². The molecular formula is C33H25N3O2. The zero-order valence-electron chi connectivity index (χ0n) is 20.9. The first-order valence-corrected chi connectivity index (χ1v) is 12.4. The molecule has 38 heavy (non-hydrogen) atoms. The lowest BCUT2D eigenvalue weighted by Crippen LogP contribution is -2.38. The van der Waals surface area contributed by atoms with Crippen LogP contribution in [0.25, 0.3) is 22.2 Å². The Bertz CT molecular complexity index is 1610. The van der Waals surface area contributed by atoms with E-state index in [1.807, 2.05) is 95.9 Å². The molecule has 0 saturated heterocycles. The SMILES string of the molecule is COC(=O)c1cc(-c2cnn(C(c3ccccc3)(c3ccccc3)c3ccccc3)c2)nc2ccccc12. The average molecular weight is 496 g/mol. The van der Waals surface area contributed by atoms with Crippen molar-refractivity contribution in [2.45, 2.75) is 5.54 Å². The lowest BCUT2D eigenvalue weighted by atomic mass is 9.77. The van der Waals surface area contributed by atoms with Crippen molar-refractivity contribution in [3.05, 3.63) is 156 Å². The Labute approximate surface area is 221 Å². The molecule has 0 aliphatic heterocycles. The number of pyridine rings is 1. The summed E-state index contributed by atoms with van der Waals surface area (Å²) in [5, 5.41) is 5.68. The molecule has 2 aromatic heterocycles. The van der Waals surface area contributed by atoms with Crippen LogP contribution >= 0.6 is 0 Å². The Morgan fingerprint density at radius 3 is 1.82 bits per heavy atom. The largest absolute Gasteiger partial charge is 0.465 e. The number of carbonyl (C=O) groups excluding carboxylic acids is 1. The molecule has 0 fully saturated rings. The number of para-hydroxylation sites is 1. The van der Waals surface area contributed by atoms with E-state index in [1.165, 1.54) is 7.11 Å². The molecular weight excluding hydrogens is 470 g/mol. The number of hydrogen-bond acceptors (Lipinski definition) is 4. The molecule has 0 unspecified atom stereocenters. The van der Waals surface area contributed by atoms with Gasteiger partial charge in [-0.25, -0.2) is 9.78 Å². The van der Waals surface area contributed by atoms with E-state index < -0.39 is 11.5 Å². The predicted octanol–water partition coefficient (Wildman–Crippen LogP) is 6.73. The second-order valence-electron chi connectivity index (χ2n) is 9.05. The van der Waals surface area contributed by atoms with Crippen molar-refractivity contribution in [3.63, 3.8) is 0 Å². The van der Waals surface area contributed by atoms with Gasteiger partial charge >= 0.3 is 5.97 Å². The number of hydrogen-bond donors (Lipinski definition) is 0. The minimum absolute atomic E-state index is 0.399. The van der Waals surface area contributed by atoms with Crippen LogP contribution in [-0.2, 0) is 10.3 Å². The number of nitrogens with zero attached hydrogens (tertiary/aromatic N) is 3. The molecule has 4 aromatic carbocycles. The maximum atomic E-state index is 12.7. The molecule has 184 valence electrons. The van der Waals surface area contributed by atoms with Gasteiger partial charge in [-0.05, 0) is 28.8 Å². The van der Waals surface area contributed by atoms with Crippen LogP contribution in [0.2, 0.25) is 0 Å². The van der Waals surface area contributed by atoms with Crippen molar-refractivity contribution in [3.8, 4) is 11.3 Å². The van der Waals surface area contributed by atoms with Gasteiger partial charge in [-0.1, -0.05) is 109 Å². The monoisotopic (exact) mass is 495 g/mol. The summed E-state index contributed by atoms with van der Waals surface area (Å²) in [4.78, 5) is 17.5. The van der Waals surface area contributed by atoms with Gasteiger partial charge in [0.2, 0.25) is 0 Å². The van der Waals surface area contributed by atoms with Gasteiger partial charge in [0.1, 0.15) is 5.54 Å². The van der Waals surface area contributed by atoms with Crippen LogP contribution in [0.1, 0.15) is 27.0 Å². The molecule has 6 aromatic rings. The topological polar surface area (TPSA) is 57.0 Å². The summed E-state index contributed by atoms with van der Waals surface area (Å²) in [6, 6.07) is 40.5. The van der Waals surface area contributed by atoms with E-state index in [1.54, 1.807) is 6.07 Å². The number of esters is 1. The van der Waals surface area contributed by atoms with E-state index in [4.69, 9.17) is 14.8 Å². The lowest BCUT2D eigenvalue weighted by molar-refractivity contribution is 0.0603. The van der Waals surface area contributed by atoms with Crippen molar-refractivity contribution in [1.82, 2.24) is 14.8 Å². The van der Waals surface area contributed by atoms with Gasteiger partial charge in [0.25, 0.3) is 0 Å². The molecule has 2 heterocycles. The van der Waals surface area contributed by atoms with Crippen molar-refractivity contribution in [2.24, 2.45) is 0 Å². The van der Waals surface area contributed by atoms with Gasteiger partial charge in [-0.15, -0.1) is 0 Å². The fourth-order valence-electron chi connectivity index (χ4n) is 5.18. The molecule has 0 amide bonds. The number of aromatic nitrogens is 3. The molecule has 0 bridgehead atoms. The molecule has 0 N–H and O–H groups in total. The van der Waals surface area contributed by atoms with Crippen LogP contribution < -0.4 is 0 Å². The number of ether oxygens (including phenoxy) is 1. The predicted molar refractivity (Wildman–Crippen MR) is 149 cm³/mol. The highest BCUT2D eigenvalue weighted by atomic mass is 16.5. The third-order valence-electron chi connectivity index (χ3n) is 6.92. The van der Waals surface area contributed by atoms with Crippen LogP contribution in [0.15, 0.2) is 134 Å². The third kappa shape index (κ3) is 3.85. The highest BCUT2D eigenvalue weighted by molar-refractivity contribution is 6.04. The summed E-state index contributed by atoms with van der Waals surface area (Å²) in [6.07, 6.45) is 3.81. The van der Waals surface area contributed by atoms with Gasteiger partial charge in [0, 0.05) is 17.1 Å². The van der Waals surface area contributed by atoms with Crippen LogP contribution in [0.4, 0.5) is 0 Å². The Balaban J connectivity index is 1.61. The maximum absolute atomic E-state index is 12.7. The van der Waals surface area contributed by atoms with Crippen LogP contribution in [0.3, 0.4) is 0 Å². The molecule has 0 aliphatic carbocycles. The molecule has 0 saturated carbocycles. The zero-order chi connectivity index (χ0) is 26.0. The van der Waals surface area contributed by atoms with E-state index in [-0.39, 0.29) is 0 Å². The first-order chi connectivity index (χ1) is 18.7. The van der Waals surface area contributed by atoms with E-state index in [0.29, 0.717) is 11.3 Å². The Morgan fingerprint density at radius 1 is 0.737 bits per heavy atom. The van der Waals surface area contributed by atoms with Crippen molar-refractivity contribution < 1.29 is 9.53 Å². The molecule has 5 nitrogen and oxygen atoms in total. The summed E-state index contributed by atoms with van der Waals surface area (Å²) >= 11 is 0. The number of rotatable bonds is 6. The van der Waals surface area contributed by atoms with Gasteiger partial charge in [0.15, 0.2) is 0 Å². The molecule has 0 aliphatic rings. The van der Waals surface area contributed by atoms with E-state index in [0.717, 1.165) is 33.2 Å². The number of benzene rings is 4. The second kappa shape index (κ2) is 9.79. The van der Waals surface area contributed by atoms with E-state index >= 15 is 0 Å². The molecule has 0 atom stereocenters. The second-order valence-corrected chi connectivity index (χ2v) is 9.05. The first-order valence-electron chi connectivity index (χ1n) is 12.4. The molecule has 0 spiro atoms. The van der Waals surface area contributed by atoms with Crippen LogP contribution in [0.5, 0.6) is 0 Å². The maximum Gasteiger partial charge on any atom is 0.338 e. The van der Waals surface area contributed by atoms with Crippen LogP contribution in [-0.4, -0.2) is 27.8 Å². The minimum atomic E-state index is -0.732. The molecule has 0 radical (unpaired) electrons. The Morgan fingerprint density at radius 2 is 1.26 bits per heavy atom. The van der Waals surface area contributed by atoms with Gasteiger partial charge in [-0.2, -0.15) is 5.10 Å². The summed E-state index contributed by atoms with van der Waals surface area (Å²) in [7, 11) is 1.39. The Hall–Kier alpha value is -5.03. The fourth-order valence-corrected chi connectivity index (χ4v) is 5.18. The normalized spacial score (nSPS) is 11.4. The summed E-state index contributed by atoms with van der Waals surface area (Å²) in [5.41, 5.74) is 5.15. The number of fused-ring (bicyclic) bond motifs is 1. The highest BCUT2D eigenvalue weighted by Crippen LogP contribution is 2.41. The fraction of sp³-hybridized carbons (Fsp3) is 0.0606. The zero-order valence-corrected chi connectivity index (χ0v) is 20.9. The standard InChI is InChI=1S/C33H25N3O2/c1-38-32(37)29-21-31(35-30-20-12-11-19-28(29)30)24-22-34-36(23-24)33(25-13-5-2-6-14-25,26-15-7-3-8-16-26)27-17-9-4-10-18-27/h2-23H,1H3. The van der Waals surface area contributed by atoms with E-state index in [2.05, 4.69) is 36.4 Å².